The number of benzene rings is 3. The highest BCUT2D eigenvalue weighted by Crippen LogP contribution is 2.09. The van der Waals surface area contributed by atoms with E-state index in [4.69, 9.17) is 0 Å². The second-order valence-corrected chi connectivity index (χ2v) is 6.14. The number of rotatable bonds is 5. The molecule has 0 heterocycles. The minimum atomic E-state index is 0.992. The van der Waals surface area contributed by atoms with Crippen LogP contribution >= 0.6 is 0 Å². The van der Waals surface area contributed by atoms with Gasteiger partial charge in [0.15, 0.2) is 7.28 Å². The molecule has 0 aliphatic rings. The highest BCUT2D eigenvalue weighted by molar-refractivity contribution is 6.67. The normalized spacial score (nSPS) is 10.5. The van der Waals surface area contributed by atoms with Crippen LogP contribution in [-0.2, 0) is 12.8 Å². The van der Waals surface area contributed by atoms with Crippen LogP contribution < -0.4 is 10.9 Å². The van der Waals surface area contributed by atoms with Crippen molar-refractivity contribution < 1.29 is 0 Å². The van der Waals surface area contributed by atoms with Gasteiger partial charge in [-0.15, -0.1) is 0 Å². The molecule has 0 amide bonds. The maximum atomic E-state index is 2.23. The molecule has 3 rings (SSSR count). The lowest BCUT2D eigenvalue weighted by molar-refractivity contribution is 1.14. The van der Waals surface area contributed by atoms with Gasteiger partial charge in [0.05, 0.1) is 0 Å². The summed E-state index contributed by atoms with van der Waals surface area (Å²) in [5.41, 5.74) is 7.92. The summed E-state index contributed by atoms with van der Waals surface area (Å²) in [6.45, 7) is 4.31. The molecule has 0 unspecified atom stereocenters. The molecule has 0 saturated heterocycles. The van der Waals surface area contributed by atoms with Gasteiger partial charge in [-0.25, -0.2) is 0 Å². The Hall–Kier alpha value is -2.28. The lowest BCUT2D eigenvalue weighted by Crippen LogP contribution is -2.26. The Morgan fingerprint density at radius 2 is 1.04 bits per heavy atom. The maximum absolute atomic E-state index is 2.23. The van der Waals surface area contributed by atoms with Gasteiger partial charge in [-0.1, -0.05) is 96.2 Å². The largest absolute Gasteiger partial charge is 0.191 e. The molecule has 3 aromatic carbocycles. The zero-order valence-corrected chi connectivity index (χ0v) is 13.9. The van der Waals surface area contributed by atoms with Gasteiger partial charge in [-0.2, -0.15) is 0 Å². The molecule has 23 heavy (non-hydrogen) atoms. The van der Waals surface area contributed by atoms with Crippen molar-refractivity contribution in [2.45, 2.75) is 26.7 Å². The van der Waals surface area contributed by atoms with E-state index >= 15 is 0 Å². The van der Waals surface area contributed by atoms with Gasteiger partial charge in [-0.05, 0) is 36.5 Å². The molecular formula is C22H22B. The molecule has 0 atom stereocenters. The quantitative estimate of drug-likeness (QED) is 0.628. The highest BCUT2D eigenvalue weighted by atomic mass is 14.0. The molecule has 0 N–H and O–H groups in total. The lowest BCUT2D eigenvalue weighted by Gasteiger charge is -2.06. The molecule has 1 heteroatoms. The summed E-state index contributed by atoms with van der Waals surface area (Å²) >= 11 is 0. The van der Waals surface area contributed by atoms with Crippen LogP contribution in [0.4, 0.5) is 0 Å². The average molecular weight is 297 g/mol. The molecule has 0 aliphatic heterocycles. The van der Waals surface area contributed by atoms with E-state index in [9.17, 15) is 0 Å². The van der Waals surface area contributed by atoms with E-state index in [2.05, 4.69) is 93.9 Å². The summed E-state index contributed by atoms with van der Waals surface area (Å²) in [5, 5.41) is 0. The molecule has 0 aliphatic carbocycles. The fourth-order valence-corrected chi connectivity index (χ4v) is 2.72. The Balaban J connectivity index is 1.65. The van der Waals surface area contributed by atoms with Crippen LogP contribution in [0.5, 0.6) is 0 Å². The Morgan fingerprint density at radius 3 is 1.52 bits per heavy atom. The SMILES string of the molecule is CCc1ccc([B]c2ccc(Cc3ccc(C)cc3)cc2)cc1. The van der Waals surface area contributed by atoms with Gasteiger partial charge in [-0.3, -0.25) is 0 Å². The second-order valence-electron chi connectivity index (χ2n) is 6.14. The van der Waals surface area contributed by atoms with Crippen molar-refractivity contribution in [2.24, 2.45) is 0 Å². The molecular weight excluding hydrogens is 275 g/mol. The lowest BCUT2D eigenvalue weighted by atomic mass is 9.64. The Kier molecular flexibility index (Phi) is 4.97. The van der Waals surface area contributed by atoms with Gasteiger partial charge in [0.2, 0.25) is 0 Å². The summed E-state index contributed by atoms with van der Waals surface area (Å²) in [6, 6.07) is 26.4. The van der Waals surface area contributed by atoms with Gasteiger partial charge in [0.1, 0.15) is 0 Å². The molecule has 3 aromatic rings. The third-order valence-corrected chi connectivity index (χ3v) is 4.23. The van der Waals surface area contributed by atoms with E-state index in [1.807, 2.05) is 0 Å². The number of aryl methyl sites for hydroxylation is 2. The Bertz CT molecular complexity index is 737. The smallest absolute Gasteiger partial charge is 0.0814 e. The monoisotopic (exact) mass is 297 g/mol. The van der Waals surface area contributed by atoms with E-state index in [1.54, 1.807) is 0 Å². The van der Waals surface area contributed by atoms with Crippen LogP contribution in [0.3, 0.4) is 0 Å². The fraction of sp³-hybridized carbons (Fsp3) is 0.182. The van der Waals surface area contributed by atoms with Crippen molar-refractivity contribution in [1.82, 2.24) is 0 Å². The first-order valence-corrected chi connectivity index (χ1v) is 8.31. The Morgan fingerprint density at radius 1 is 0.609 bits per heavy atom. The van der Waals surface area contributed by atoms with Crippen molar-refractivity contribution in [2.75, 3.05) is 0 Å². The predicted octanol–water partition coefficient (Wildman–Crippen LogP) is 3.80. The summed E-state index contributed by atoms with van der Waals surface area (Å²) in [4.78, 5) is 0. The third kappa shape index (κ3) is 4.35. The molecule has 0 aromatic heterocycles. The van der Waals surface area contributed by atoms with Gasteiger partial charge < -0.3 is 0 Å². The molecule has 0 nitrogen and oxygen atoms in total. The molecule has 0 spiro atoms. The van der Waals surface area contributed by atoms with Gasteiger partial charge >= 0.3 is 0 Å². The standard InChI is InChI=1S/C22H22B/c1-3-18-8-12-21(13-9-18)23-22-14-10-20(11-15-22)16-19-6-4-17(2)5-7-19/h4-15H,3,16H2,1-2H3. The van der Waals surface area contributed by atoms with E-state index in [0.29, 0.717) is 0 Å². The maximum Gasteiger partial charge on any atom is 0.191 e. The first-order chi connectivity index (χ1) is 11.2. The highest BCUT2D eigenvalue weighted by Gasteiger charge is 2.01. The summed E-state index contributed by atoms with van der Waals surface area (Å²) in [7, 11) is 2.23. The second kappa shape index (κ2) is 7.33. The van der Waals surface area contributed by atoms with Gasteiger partial charge in [0, 0.05) is 0 Å². The van der Waals surface area contributed by atoms with Crippen LogP contribution in [0.2, 0.25) is 0 Å². The summed E-state index contributed by atoms with van der Waals surface area (Å²) < 4.78 is 0. The zero-order chi connectivity index (χ0) is 16.1. The molecule has 0 bridgehead atoms. The molecule has 113 valence electrons. The Labute approximate surface area is 140 Å². The summed E-state index contributed by atoms with van der Waals surface area (Å²) in [5.74, 6) is 0. The van der Waals surface area contributed by atoms with Crippen LogP contribution in [0.1, 0.15) is 29.2 Å². The fourth-order valence-electron chi connectivity index (χ4n) is 2.72. The van der Waals surface area contributed by atoms with Crippen molar-refractivity contribution >= 4 is 18.2 Å². The number of hydrogen-bond donors (Lipinski definition) is 0. The van der Waals surface area contributed by atoms with Crippen LogP contribution in [-0.4, -0.2) is 7.28 Å². The topological polar surface area (TPSA) is 0 Å². The summed E-state index contributed by atoms with van der Waals surface area (Å²) in [6.07, 6.45) is 2.08. The minimum absolute atomic E-state index is 0.992. The molecule has 0 fully saturated rings. The van der Waals surface area contributed by atoms with Crippen molar-refractivity contribution in [3.05, 3.63) is 95.1 Å². The van der Waals surface area contributed by atoms with E-state index in [-0.39, 0.29) is 0 Å². The zero-order valence-electron chi connectivity index (χ0n) is 13.9. The first-order valence-electron chi connectivity index (χ1n) is 8.31. The van der Waals surface area contributed by atoms with Crippen LogP contribution in [0, 0.1) is 6.92 Å². The van der Waals surface area contributed by atoms with E-state index < -0.39 is 0 Å². The third-order valence-electron chi connectivity index (χ3n) is 4.23. The van der Waals surface area contributed by atoms with Gasteiger partial charge in [0.25, 0.3) is 0 Å². The molecule has 1 radical (unpaired) electrons. The average Bonchev–Trinajstić information content (AvgIpc) is 2.59. The predicted molar refractivity (Wildman–Crippen MR) is 101 cm³/mol. The van der Waals surface area contributed by atoms with Crippen LogP contribution in [0.15, 0.2) is 72.8 Å². The van der Waals surface area contributed by atoms with Crippen molar-refractivity contribution in [3.63, 3.8) is 0 Å². The first kappa shape index (κ1) is 15.6. The molecule has 0 saturated carbocycles. The van der Waals surface area contributed by atoms with E-state index in [0.717, 1.165) is 12.8 Å². The van der Waals surface area contributed by atoms with Crippen molar-refractivity contribution in [3.8, 4) is 0 Å². The van der Waals surface area contributed by atoms with E-state index in [1.165, 1.54) is 33.2 Å². The minimum Gasteiger partial charge on any atom is -0.0814 e. The van der Waals surface area contributed by atoms with Crippen LogP contribution in [0.25, 0.3) is 0 Å². The van der Waals surface area contributed by atoms with Crippen molar-refractivity contribution in [1.29, 1.82) is 0 Å². The number of hydrogen-bond acceptors (Lipinski definition) is 0.